The number of rotatable bonds is 0. The van der Waals surface area contributed by atoms with Gasteiger partial charge in [0.2, 0.25) is 0 Å². The summed E-state index contributed by atoms with van der Waals surface area (Å²) in [4.78, 5) is 39.0. The summed E-state index contributed by atoms with van der Waals surface area (Å²) in [5.41, 5.74) is 0. The fraction of sp³-hybridized carbons (Fsp3) is 0. The van der Waals surface area contributed by atoms with E-state index in [2.05, 4.69) is 0 Å². The summed E-state index contributed by atoms with van der Waals surface area (Å²) in [5.74, 6) is 0. The van der Waals surface area contributed by atoms with E-state index in [0.717, 1.165) is 0 Å². The van der Waals surface area contributed by atoms with Gasteiger partial charge in [0, 0.05) is 24.0 Å². The number of carbonyl (C=O) groups excluding carboxylic acids is 3. The SMILES string of the molecule is O=C[O-].O=C[O-].O=C[O-].O=[P+](O)O.[Na+].[Na+].[Na+]. The summed E-state index contributed by atoms with van der Waals surface area (Å²) in [5, 5.41) is 24.8. The summed E-state index contributed by atoms with van der Waals surface area (Å²) in [6.45, 7) is -1.50. The van der Waals surface area contributed by atoms with Crippen molar-refractivity contribution in [3.8, 4) is 0 Å². The van der Waals surface area contributed by atoms with Crippen molar-refractivity contribution >= 4 is 27.7 Å². The van der Waals surface area contributed by atoms with E-state index in [-0.39, 0.29) is 88.7 Å². The van der Waals surface area contributed by atoms with Crippen LogP contribution in [-0.4, -0.2) is 29.2 Å². The predicted molar refractivity (Wildman–Crippen MR) is 30.2 cm³/mol. The van der Waals surface area contributed by atoms with Gasteiger partial charge in [-0.3, -0.25) is 0 Å². The molecular weight excluding hydrogens is 280 g/mol. The van der Waals surface area contributed by atoms with Crippen molar-refractivity contribution in [2.24, 2.45) is 0 Å². The van der Waals surface area contributed by atoms with E-state index in [9.17, 15) is 0 Å². The van der Waals surface area contributed by atoms with Gasteiger partial charge in [0.25, 0.3) is 0 Å². The van der Waals surface area contributed by atoms with Crippen molar-refractivity contribution in [1.82, 2.24) is 0 Å². The van der Waals surface area contributed by atoms with E-state index in [1.165, 1.54) is 0 Å². The van der Waals surface area contributed by atoms with Crippen LogP contribution >= 0.6 is 8.25 Å². The Labute approximate surface area is 158 Å². The van der Waals surface area contributed by atoms with Crippen molar-refractivity contribution in [1.29, 1.82) is 0 Å². The number of hydrogen-bond donors (Lipinski definition) is 2. The van der Waals surface area contributed by atoms with Gasteiger partial charge in [0.15, 0.2) is 0 Å². The molecule has 0 fully saturated rings. The minimum absolute atomic E-state index is 0. The van der Waals surface area contributed by atoms with Crippen LogP contribution in [0.4, 0.5) is 0 Å². The van der Waals surface area contributed by atoms with Gasteiger partial charge >= 0.3 is 96.9 Å². The van der Waals surface area contributed by atoms with Crippen LogP contribution in [0.2, 0.25) is 0 Å². The largest absolute Gasteiger partial charge is 1.00 e. The standard InChI is InChI=1S/3CH2O2.3Na.HO3P/c3*2-1-3;;;;1-4(2)3/h3*1H,(H,2,3);;;;(H-,1,2,3)/q;;;3*+1;/p-2. The first kappa shape index (κ1) is 43.3. The molecule has 0 aromatic rings. The fourth-order valence-electron chi connectivity index (χ4n) is 0. The Morgan fingerprint density at radius 1 is 0.750 bits per heavy atom. The third-order valence-electron chi connectivity index (χ3n) is 0. The van der Waals surface area contributed by atoms with Crippen molar-refractivity contribution in [2.75, 3.05) is 0 Å². The smallest absolute Gasteiger partial charge is 0.554 e. The Morgan fingerprint density at radius 2 is 0.750 bits per heavy atom. The molecule has 0 unspecified atom stereocenters. The zero-order valence-electron chi connectivity index (χ0n) is 8.93. The van der Waals surface area contributed by atoms with Crippen molar-refractivity contribution in [2.45, 2.75) is 0 Å². The van der Waals surface area contributed by atoms with Crippen LogP contribution in [0, 0.1) is 0 Å². The van der Waals surface area contributed by atoms with Crippen molar-refractivity contribution in [3.63, 3.8) is 0 Å². The summed E-state index contributed by atoms with van der Waals surface area (Å²) >= 11 is 0. The molecule has 0 amide bonds. The van der Waals surface area contributed by atoms with Gasteiger partial charge in [0.05, 0.1) is 0 Å². The molecular formula is C3H5Na3O9P+. The number of carbonyl (C=O) groups is 3. The normalized spacial score (nSPS) is 3.88. The maximum atomic E-state index is 8.70. The first-order valence-corrected chi connectivity index (χ1v) is 3.16. The second-order valence-corrected chi connectivity index (χ2v) is 1.05. The van der Waals surface area contributed by atoms with Gasteiger partial charge in [0.1, 0.15) is 0 Å². The van der Waals surface area contributed by atoms with Crippen molar-refractivity contribution in [3.05, 3.63) is 0 Å². The minimum Gasteiger partial charge on any atom is -0.554 e. The minimum atomic E-state index is -2.87. The van der Waals surface area contributed by atoms with Gasteiger partial charge < -0.3 is 29.7 Å². The molecule has 0 saturated heterocycles. The zero-order valence-corrected chi connectivity index (χ0v) is 15.8. The van der Waals surface area contributed by atoms with Crippen LogP contribution < -0.4 is 104 Å². The molecule has 0 aromatic heterocycles. The van der Waals surface area contributed by atoms with Crippen LogP contribution in [-0.2, 0) is 18.9 Å². The van der Waals surface area contributed by atoms with Crippen LogP contribution in [0.15, 0.2) is 0 Å². The van der Waals surface area contributed by atoms with Crippen LogP contribution in [0.5, 0.6) is 0 Å². The van der Waals surface area contributed by atoms with E-state index in [4.69, 9.17) is 44.1 Å². The second-order valence-electron chi connectivity index (χ2n) is 0.541. The van der Waals surface area contributed by atoms with Crippen molar-refractivity contribution < 1.29 is 133 Å². The van der Waals surface area contributed by atoms with E-state index in [0.29, 0.717) is 0 Å². The monoisotopic (exact) mass is 285 g/mol. The van der Waals surface area contributed by atoms with Gasteiger partial charge in [-0.2, -0.15) is 0 Å². The summed E-state index contributed by atoms with van der Waals surface area (Å²) in [7, 11) is -2.87. The molecule has 0 saturated carbocycles. The molecule has 0 aliphatic carbocycles. The average Bonchev–Trinajstić information content (AvgIpc) is 1.88. The zero-order chi connectivity index (χ0) is 11.7. The van der Waals surface area contributed by atoms with Gasteiger partial charge in [-0.15, -0.1) is 9.79 Å². The summed E-state index contributed by atoms with van der Waals surface area (Å²) < 4.78 is 8.70. The number of hydrogen-bond acceptors (Lipinski definition) is 7. The van der Waals surface area contributed by atoms with Gasteiger partial charge in [-0.05, 0) is 0 Å². The van der Waals surface area contributed by atoms with Gasteiger partial charge in [-0.25, -0.2) is 0 Å². The summed E-state index contributed by atoms with van der Waals surface area (Å²) in [6, 6.07) is 0. The Morgan fingerprint density at radius 3 is 0.750 bits per heavy atom. The molecule has 13 heteroatoms. The first-order valence-electron chi connectivity index (χ1n) is 2.00. The van der Waals surface area contributed by atoms with E-state index in [1.807, 2.05) is 0 Å². The van der Waals surface area contributed by atoms with Crippen LogP contribution in [0.25, 0.3) is 0 Å². The van der Waals surface area contributed by atoms with E-state index in [1.54, 1.807) is 0 Å². The molecule has 16 heavy (non-hydrogen) atoms. The van der Waals surface area contributed by atoms with Crippen LogP contribution in [0.1, 0.15) is 0 Å². The fourth-order valence-corrected chi connectivity index (χ4v) is 0. The maximum Gasteiger partial charge on any atom is 1.00 e. The first-order chi connectivity index (χ1) is 5.97. The molecule has 0 heterocycles. The molecule has 0 radical (unpaired) electrons. The van der Waals surface area contributed by atoms with Crippen LogP contribution in [0.3, 0.4) is 0 Å². The van der Waals surface area contributed by atoms with Gasteiger partial charge in [-0.1, -0.05) is 0 Å². The molecule has 0 aliphatic rings. The Kier molecular flexibility index (Phi) is 192. The Bertz CT molecular complexity index is 115. The molecule has 0 atom stereocenters. The molecule has 0 bridgehead atoms. The molecule has 9 nitrogen and oxygen atoms in total. The molecule has 78 valence electrons. The number of carboxylic acid groups (broad SMARTS) is 3. The molecule has 0 rings (SSSR count). The third kappa shape index (κ3) is 1570. The Hall–Kier alpha value is 1.43. The molecule has 0 spiro atoms. The second kappa shape index (κ2) is 70.9. The third-order valence-corrected chi connectivity index (χ3v) is 0. The van der Waals surface area contributed by atoms with E-state index >= 15 is 0 Å². The predicted octanol–water partition coefficient (Wildman–Crippen LogP) is -14.3. The maximum absolute atomic E-state index is 8.70. The molecule has 0 aliphatic heterocycles. The van der Waals surface area contributed by atoms with E-state index < -0.39 is 27.7 Å². The molecule has 2 N–H and O–H groups in total. The average molecular weight is 285 g/mol. The Balaban J connectivity index is -0.0000000128. The molecule has 0 aromatic carbocycles. The quantitative estimate of drug-likeness (QED) is 0.248. The topological polar surface area (TPSA) is 178 Å². The summed E-state index contributed by atoms with van der Waals surface area (Å²) in [6.07, 6.45) is 0.